The molecule has 1 heterocycles. The summed E-state index contributed by atoms with van der Waals surface area (Å²) in [6, 6.07) is 8.97. The molecular formula is C22H27N3O3. The molecule has 1 saturated heterocycles. The maximum absolute atomic E-state index is 13.0. The summed E-state index contributed by atoms with van der Waals surface area (Å²) in [6.07, 6.45) is 2.22. The molecule has 1 aromatic rings. The van der Waals surface area contributed by atoms with E-state index in [-0.39, 0.29) is 24.4 Å². The minimum Gasteiger partial charge on any atom is -0.344 e. The predicted octanol–water partition coefficient (Wildman–Crippen LogP) is 2.29. The molecule has 4 amide bonds. The first-order valence-corrected chi connectivity index (χ1v) is 9.66. The number of imide groups is 1. The van der Waals surface area contributed by atoms with Crippen LogP contribution in [0.2, 0.25) is 0 Å². The van der Waals surface area contributed by atoms with Crippen LogP contribution in [-0.2, 0) is 9.59 Å². The van der Waals surface area contributed by atoms with Gasteiger partial charge < -0.3 is 10.6 Å². The smallest absolute Gasteiger partial charge is 0.325 e. The van der Waals surface area contributed by atoms with Crippen molar-refractivity contribution < 1.29 is 14.4 Å². The van der Waals surface area contributed by atoms with Gasteiger partial charge in [0.15, 0.2) is 0 Å². The molecule has 148 valence electrons. The van der Waals surface area contributed by atoms with Crippen molar-refractivity contribution in [3.8, 4) is 11.8 Å². The predicted molar refractivity (Wildman–Crippen MR) is 106 cm³/mol. The number of nitrogens with zero attached hydrogens (tertiary/aromatic N) is 1. The van der Waals surface area contributed by atoms with Crippen molar-refractivity contribution in [2.45, 2.75) is 45.6 Å². The largest absolute Gasteiger partial charge is 0.344 e. The van der Waals surface area contributed by atoms with Gasteiger partial charge in [-0.2, -0.15) is 0 Å². The van der Waals surface area contributed by atoms with Crippen molar-refractivity contribution in [2.24, 2.45) is 11.3 Å². The molecule has 1 aromatic carbocycles. The summed E-state index contributed by atoms with van der Waals surface area (Å²) in [7, 11) is 0. The van der Waals surface area contributed by atoms with Crippen molar-refractivity contribution in [3.05, 3.63) is 35.9 Å². The van der Waals surface area contributed by atoms with Gasteiger partial charge in [0.05, 0.1) is 6.54 Å². The molecule has 3 rings (SSSR count). The van der Waals surface area contributed by atoms with Crippen molar-refractivity contribution in [2.75, 3.05) is 13.1 Å². The third-order valence-electron chi connectivity index (χ3n) is 5.31. The molecule has 2 aliphatic rings. The zero-order valence-electron chi connectivity index (χ0n) is 16.7. The second-order valence-electron chi connectivity index (χ2n) is 8.70. The van der Waals surface area contributed by atoms with Gasteiger partial charge in [0.1, 0.15) is 12.1 Å². The summed E-state index contributed by atoms with van der Waals surface area (Å²) in [4.78, 5) is 38.7. The Labute approximate surface area is 166 Å². The molecule has 28 heavy (non-hydrogen) atoms. The van der Waals surface area contributed by atoms with Gasteiger partial charge in [0, 0.05) is 5.56 Å². The van der Waals surface area contributed by atoms with Gasteiger partial charge in [-0.3, -0.25) is 14.5 Å². The number of amides is 4. The third kappa shape index (κ3) is 4.36. The van der Waals surface area contributed by atoms with Gasteiger partial charge in [-0.25, -0.2) is 4.79 Å². The van der Waals surface area contributed by atoms with E-state index in [0.717, 1.165) is 16.9 Å². The summed E-state index contributed by atoms with van der Waals surface area (Å²) < 4.78 is 0. The van der Waals surface area contributed by atoms with E-state index in [0.29, 0.717) is 18.8 Å². The SMILES string of the molecule is C[C@H]1CC(C)(C)C[C@]2(C1)NC(=O)N(CC(=O)NCC#Cc1ccccc1)C2=O. The quantitative estimate of drug-likeness (QED) is 0.623. The molecular weight excluding hydrogens is 354 g/mol. The van der Waals surface area contributed by atoms with Crippen LogP contribution >= 0.6 is 0 Å². The minimum atomic E-state index is -0.883. The summed E-state index contributed by atoms with van der Waals surface area (Å²) in [6.45, 7) is 6.21. The zero-order chi connectivity index (χ0) is 20.4. The van der Waals surface area contributed by atoms with Gasteiger partial charge in [-0.1, -0.05) is 50.8 Å². The van der Waals surface area contributed by atoms with Gasteiger partial charge in [-0.05, 0) is 42.7 Å². The van der Waals surface area contributed by atoms with Crippen molar-refractivity contribution in [1.82, 2.24) is 15.5 Å². The maximum atomic E-state index is 13.0. The second kappa shape index (κ2) is 7.67. The van der Waals surface area contributed by atoms with Crippen LogP contribution in [-0.4, -0.2) is 41.4 Å². The first-order chi connectivity index (χ1) is 13.2. The van der Waals surface area contributed by atoms with Crippen molar-refractivity contribution >= 4 is 17.8 Å². The fraction of sp³-hybridized carbons (Fsp3) is 0.500. The standard InChI is InChI=1S/C22H27N3O3/c1-16-12-21(2,3)15-22(13-16)19(27)25(20(28)24-22)14-18(26)23-11-7-10-17-8-5-4-6-9-17/h4-6,8-9,16H,11-15H2,1-3H3,(H,23,26)(H,24,28)/t16-,22-/m0/s1. The van der Waals surface area contributed by atoms with Crippen LogP contribution in [0.1, 0.15) is 45.6 Å². The molecule has 0 aromatic heterocycles. The molecule has 6 heteroatoms. The number of rotatable bonds is 3. The van der Waals surface area contributed by atoms with E-state index in [4.69, 9.17) is 0 Å². The Hall–Kier alpha value is -2.81. The molecule has 1 aliphatic carbocycles. The van der Waals surface area contributed by atoms with Crippen LogP contribution < -0.4 is 10.6 Å². The van der Waals surface area contributed by atoms with Gasteiger partial charge in [0.2, 0.25) is 5.91 Å². The minimum absolute atomic E-state index is 0.0358. The Morgan fingerprint density at radius 1 is 1.25 bits per heavy atom. The topological polar surface area (TPSA) is 78.5 Å². The molecule has 2 atom stereocenters. The average Bonchev–Trinajstić information content (AvgIpc) is 2.81. The van der Waals surface area contributed by atoms with Crippen LogP contribution in [0.5, 0.6) is 0 Å². The highest BCUT2D eigenvalue weighted by Gasteiger charge is 2.56. The fourth-order valence-corrected chi connectivity index (χ4v) is 4.66. The lowest BCUT2D eigenvalue weighted by Crippen LogP contribution is -2.54. The van der Waals surface area contributed by atoms with Gasteiger partial charge >= 0.3 is 6.03 Å². The first kappa shape index (κ1) is 19.9. The number of nitrogens with one attached hydrogen (secondary N) is 2. The lowest BCUT2D eigenvalue weighted by atomic mass is 9.64. The zero-order valence-corrected chi connectivity index (χ0v) is 16.7. The number of urea groups is 1. The summed E-state index contributed by atoms with van der Waals surface area (Å²) >= 11 is 0. The van der Waals surface area contributed by atoms with Crippen LogP contribution in [0.25, 0.3) is 0 Å². The van der Waals surface area contributed by atoms with E-state index >= 15 is 0 Å². The molecule has 1 spiro atoms. The highest BCUT2D eigenvalue weighted by atomic mass is 16.2. The Kier molecular flexibility index (Phi) is 5.46. The maximum Gasteiger partial charge on any atom is 0.325 e. The number of carbonyl (C=O) groups is 3. The Balaban J connectivity index is 1.58. The monoisotopic (exact) mass is 381 g/mol. The second-order valence-corrected chi connectivity index (χ2v) is 8.70. The summed E-state index contributed by atoms with van der Waals surface area (Å²) in [5.74, 6) is 5.46. The molecule has 2 N–H and O–H groups in total. The lowest BCUT2D eigenvalue weighted by Gasteiger charge is -2.43. The fourth-order valence-electron chi connectivity index (χ4n) is 4.66. The number of hydrogen-bond acceptors (Lipinski definition) is 3. The number of carbonyl (C=O) groups excluding carboxylic acids is 3. The van der Waals surface area contributed by atoms with Crippen LogP contribution in [0.15, 0.2) is 30.3 Å². The van der Waals surface area contributed by atoms with Crippen molar-refractivity contribution in [3.63, 3.8) is 0 Å². The van der Waals surface area contributed by atoms with E-state index in [1.807, 2.05) is 30.3 Å². The summed E-state index contributed by atoms with van der Waals surface area (Å²) in [5.41, 5.74) is -0.0563. The number of hydrogen-bond donors (Lipinski definition) is 2. The molecule has 1 aliphatic heterocycles. The first-order valence-electron chi connectivity index (χ1n) is 9.66. The van der Waals surface area contributed by atoms with Crippen LogP contribution in [0.4, 0.5) is 4.79 Å². The third-order valence-corrected chi connectivity index (χ3v) is 5.31. The van der Waals surface area contributed by atoms with E-state index in [9.17, 15) is 14.4 Å². The molecule has 6 nitrogen and oxygen atoms in total. The van der Waals surface area contributed by atoms with E-state index in [2.05, 4.69) is 43.2 Å². The van der Waals surface area contributed by atoms with Gasteiger partial charge in [-0.15, -0.1) is 0 Å². The Morgan fingerprint density at radius 3 is 2.64 bits per heavy atom. The highest BCUT2D eigenvalue weighted by Crippen LogP contribution is 2.46. The van der Waals surface area contributed by atoms with E-state index in [1.54, 1.807) is 0 Å². The Morgan fingerprint density at radius 2 is 1.96 bits per heavy atom. The average molecular weight is 381 g/mol. The van der Waals surface area contributed by atoms with Crippen molar-refractivity contribution in [1.29, 1.82) is 0 Å². The molecule has 2 fully saturated rings. The van der Waals surface area contributed by atoms with Crippen LogP contribution in [0.3, 0.4) is 0 Å². The molecule has 0 radical (unpaired) electrons. The van der Waals surface area contributed by atoms with E-state index in [1.165, 1.54) is 0 Å². The normalized spacial score (nSPS) is 25.8. The highest BCUT2D eigenvalue weighted by molar-refractivity contribution is 6.09. The Bertz CT molecular complexity index is 838. The molecule has 0 unspecified atom stereocenters. The molecule has 1 saturated carbocycles. The summed E-state index contributed by atoms with van der Waals surface area (Å²) in [5, 5.41) is 5.53. The number of benzene rings is 1. The van der Waals surface area contributed by atoms with E-state index < -0.39 is 17.5 Å². The lowest BCUT2D eigenvalue weighted by molar-refractivity contribution is -0.137. The molecule has 0 bridgehead atoms. The van der Waals surface area contributed by atoms with Crippen LogP contribution in [0, 0.1) is 23.2 Å². The van der Waals surface area contributed by atoms with Gasteiger partial charge in [0.25, 0.3) is 5.91 Å².